The standard InChI is InChI=1S/C23H30N2O5S/c1-17(26)18-6-8-21(9-7-18)31(27,28)24-11-4-5-12-25-13-10-19-14-22(29-2)23(30-3)15-20(19)16-25/h6-9,14-15,24H,4-5,10-13,16H2,1-3H3. The predicted molar refractivity (Wildman–Crippen MR) is 119 cm³/mol. The van der Waals surface area contributed by atoms with Crippen molar-refractivity contribution in [1.82, 2.24) is 9.62 Å². The number of hydrogen-bond donors (Lipinski definition) is 1. The zero-order valence-corrected chi connectivity index (χ0v) is 19.1. The molecule has 0 radical (unpaired) electrons. The SMILES string of the molecule is COc1cc2c(cc1OC)CN(CCCCNS(=O)(=O)c1ccc(C(C)=O)cc1)CC2. The van der Waals surface area contributed by atoms with Gasteiger partial charge in [0.2, 0.25) is 10.0 Å². The molecule has 0 spiro atoms. The van der Waals surface area contributed by atoms with Gasteiger partial charge in [-0.25, -0.2) is 13.1 Å². The third kappa shape index (κ3) is 5.84. The maximum Gasteiger partial charge on any atom is 0.240 e. The van der Waals surface area contributed by atoms with Gasteiger partial charge in [-0.15, -0.1) is 0 Å². The van der Waals surface area contributed by atoms with Crippen LogP contribution in [-0.2, 0) is 23.0 Å². The van der Waals surface area contributed by atoms with Gasteiger partial charge in [0.25, 0.3) is 0 Å². The molecule has 0 saturated carbocycles. The lowest BCUT2D eigenvalue weighted by Gasteiger charge is -2.29. The van der Waals surface area contributed by atoms with Crippen LogP contribution in [0, 0.1) is 0 Å². The van der Waals surface area contributed by atoms with Gasteiger partial charge in [-0.2, -0.15) is 0 Å². The molecule has 1 aliphatic rings. The molecule has 8 heteroatoms. The summed E-state index contributed by atoms with van der Waals surface area (Å²) in [5.74, 6) is 1.42. The fourth-order valence-corrected chi connectivity index (χ4v) is 4.83. The van der Waals surface area contributed by atoms with E-state index in [1.54, 1.807) is 14.2 Å². The largest absolute Gasteiger partial charge is 0.493 e. The van der Waals surface area contributed by atoms with Crippen molar-refractivity contribution in [3.63, 3.8) is 0 Å². The number of nitrogens with one attached hydrogen (secondary N) is 1. The number of methoxy groups -OCH3 is 2. The maximum atomic E-state index is 12.4. The monoisotopic (exact) mass is 446 g/mol. The Morgan fingerprint density at radius 1 is 1.03 bits per heavy atom. The van der Waals surface area contributed by atoms with E-state index in [9.17, 15) is 13.2 Å². The highest BCUT2D eigenvalue weighted by molar-refractivity contribution is 7.89. The van der Waals surface area contributed by atoms with Crippen molar-refractivity contribution in [1.29, 1.82) is 0 Å². The first-order valence-corrected chi connectivity index (χ1v) is 11.9. The third-order valence-corrected chi connectivity index (χ3v) is 7.04. The number of rotatable bonds is 10. The van der Waals surface area contributed by atoms with E-state index < -0.39 is 10.0 Å². The lowest BCUT2D eigenvalue weighted by molar-refractivity contribution is 0.101. The molecule has 0 atom stereocenters. The second-order valence-corrected chi connectivity index (χ2v) is 9.45. The van der Waals surface area contributed by atoms with Gasteiger partial charge in [0.05, 0.1) is 19.1 Å². The maximum absolute atomic E-state index is 12.4. The van der Waals surface area contributed by atoms with Gasteiger partial charge in [-0.1, -0.05) is 12.1 Å². The Morgan fingerprint density at radius 3 is 2.29 bits per heavy atom. The molecule has 0 saturated heterocycles. The Hall–Kier alpha value is -2.42. The van der Waals surface area contributed by atoms with Gasteiger partial charge in [0, 0.05) is 25.2 Å². The molecule has 31 heavy (non-hydrogen) atoms. The van der Waals surface area contributed by atoms with E-state index in [0.717, 1.165) is 50.4 Å². The molecule has 7 nitrogen and oxygen atoms in total. The lowest BCUT2D eigenvalue weighted by atomic mass is 9.98. The zero-order chi connectivity index (χ0) is 22.4. The summed E-state index contributed by atoms with van der Waals surface area (Å²) in [6.07, 6.45) is 2.60. The number of sulfonamides is 1. The molecular weight excluding hydrogens is 416 g/mol. The molecule has 1 aliphatic heterocycles. The predicted octanol–water partition coefficient (Wildman–Crippen LogP) is 3.02. The number of carbonyl (C=O) groups is 1. The minimum absolute atomic E-state index is 0.0881. The van der Waals surface area contributed by atoms with Gasteiger partial charge in [-0.05, 0) is 68.1 Å². The first-order valence-electron chi connectivity index (χ1n) is 10.4. The highest BCUT2D eigenvalue weighted by atomic mass is 32.2. The summed E-state index contributed by atoms with van der Waals surface area (Å²) in [4.78, 5) is 13.9. The molecule has 1 heterocycles. The van der Waals surface area contributed by atoms with Gasteiger partial charge in [-0.3, -0.25) is 9.69 Å². The van der Waals surface area contributed by atoms with Crippen LogP contribution in [0.5, 0.6) is 11.5 Å². The van der Waals surface area contributed by atoms with Crippen molar-refractivity contribution in [2.24, 2.45) is 0 Å². The van der Waals surface area contributed by atoms with E-state index in [-0.39, 0.29) is 10.7 Å². The van der Waals surface area contributed by atoms with Crippen LogP contribution in [0.2, 0.25) is 0 Å². The van der Waals surface area contributed by atoms with E-state index in [2.05, 4.69) is 15.7 Å². The van der Waals surface area contributed by atoms with E-state index in [1.165, 1.54) is 42.3 Å². The molecule has 0 amide bonds. The summed E-state index contributed by atoms with van der Waals surface area (Å²) < 4.78 is 38.2. The highest BCUT2D eigenvalue weighted by Crippen LogP contribution is 2.33. The van der Waals surface area contributed by atoms with Crippen molar-refractivity contribution in [2.75, 3.05) is 33.9 Å². The second kappa shape index (κ2) is 10.3. The fourth-order valence-electron chi connectivity index (χ4n) is 3.75. The summed E-state index contributed by atoms with van der Waals surface area (Å²) in [6.45, 7) is 4.56. The summed E-state index contributed by atoms with van der Waals surface area (Å²) in [5.41, 5.74) is 3.04. The normalized spacial score (nSPS) is 14.2. The van der Waals surface area contributed by atoms with E-state index in [1.807, 2.05) is 6.07 Å². The van der Waals surface area contributed by atoms with Crippen LogP contribution in [-0.4, -0.2) is 53.0 Å². The number of hydrogen-bond acceptors (Lipinski definition) is 6. The smallest absolute Gasteiger partial charge is 0.240 e. The number of benzene rings is 2. The van der Waals surface area contributed by atoms with E-state index >= 15 is 0 Å². The number of fused-ring (bicyclic) bond motifs is 1. The Kier molecular flexibility index (Phi) is 7.69. The molecule has 0 fully saturated rings. The van der Waals surface area contributed by atoms with Crippen molar-refractivity contribution in [3.05, 3.63) is 53.1 Å². The highest BCUT2D eigenvalue weighted by Gasteiger charge is 2.19. The molecule has 0 aliphatic carbocycles. The molecule has 0 unspecified atom stereocenters. The van der Waals surface area contributed by atoms with Crippen LogP contribution in [0.15, 0.2) is 41.3 Å². The van der Waals surface area contributed by atoms with Gasteiger partial charge in [0.1, 0.15) is 0 Å². The fraction of sp³-hybridized carbons (Fsp3) is 0.435. The summed E-state index contributed by atoms with van der Waals surface area (Å²) in [5, 5.41) is 0. The van der Waals surface area contributed by atoms with Crippen molar-refractivity contribution in [2.45, 2.75) is 37.6 Å². The van der Waals surface area contributed by atoms with Crippen LogP contribution in [0.4, 0.5) is 0 Å². The van der Waals surface area contributed by atoms with Crippen LogP contribution in [0.1, 0.15) is 41.3 Å². The van der Waals surface area contributed by atoms with Crippen LogP contribution < -0.4 is 14.2 Å². The number of Topliss-reactive ketones (excluding diaryl/α,β-unsaturated/α-hetero) is 1. The molecule has 1 N–H and O–H groups in total. The third-order valence-electron chi connectivity index (χ3n) is 5.56. The van der Waals surface area contributed by atoms with Crippen molar-refractivity contribution >= 4 is 15.8 Å². The van der Waals surface area contributed by atoms with Gasteiger partial charge in [0.15, 0.2) is 17.3 Å². The summed E-state index contributed by atoms with van der Waals surface area (Å²) in [7, 11) is -0.273. The van der Waals surface area contributed by atoms with Crippen LogP contribution in [0.3, 0.4) is 0 Å². The average molecular weight is 447 g/mol. The zero-order valence-electron chi connectivity index (χ0n) is 18.3. The first-order chi connectivity index (χ1) is 14.8. The Bertz CT molecular complexity index is 1020. The summed E-state index contributed by atoms with van der Waals surface area (Å²) >= 11 is 0. The molecule has 168 valence electrons. The molecule has 3 rings (SSSR count). The average Bonchev–Trinajstić information content (AvgIpc) is 2.77. The topological polar surface area (TPSA) is 84.9 Å². The van der Waals surface area contributed by atoms with E-state index in [4.69, 9.17) is 9.47 Å². The molecule has 0 bridgehead atoms. The number of ketones is 1. The van der Waals surface area contributed by atoms with Crippen LogP contribution >= 0.6 is 0 Å². The Labute approximate surface area is 184 Å². The Balaban J connectivity index is 1.45. The quantitative estimate of drug-likeness (QED) is 0.446. The molecule has 2 aromatic rings. The van der Waals surface area contributed by atoms with E-state index in [0.29, 0.717) is 12.1 Å². The van der Waals surface area contributed by atoms with Gasteiger partial charge >= 0.3 is 0 Å². The minimum Gasteiger partial charge on any atom is -0.493 e. The van der Waals surface area contributed by atoms with Crippen molar-refractivity contribution < 1.29 is 22.7 Å². The van der Waals surface area contributed by atoms with Crippen molar-refractivity contribution in [3.8, 4) is 11.5 Å². The lowest BCUT2D eigenvalue weighted by Crippen LogP contribution is -2.32. The number of unbranched alkanes of at least 4 members (excludes halogenated alkanes) is 1. The number of ether oxygens (including phenoxy) is 2. The van der Waals surface area contributed by atoms with Crippen LogP contribution in [0.25, 0.3) is 0 Å². The summed E-state index contributed by atoms with van der Waals surface area (Å²) in [6, 6.07) is 10.1. The second-order valence-electron chi connectivity index (χ2n) is 7.69. The Morgan fingerprint density at radius 2 is 1.68 bits per heavy atom. The molecule has 0 aromatic heterocycles. The first kappa shape index (κ1) is 23.2. The number of nitrogens with zero attached hydrogens (tertiary/aromatic N) is 1. The molecule has 2 aromatic carbocycles. The number of carbonyl (C=O) groups excluding carboxylic acids is 1. The van der Waals surface area contributed by atoms with Gasteiger partial charge < -0.3 is 9.47 Å². The molecular formula is C23H30N2O5S. The minimum atomic E-state index is -3.56.